The van der Waals surface area contributed by atoms with Crippen LogP contribution in [0.4, 0.5) is 5.82 Å². The molecule has 0 fully saturated rings. The summed E-state index contributed by atoms with van der Waals surface area (Å²) in [6, 6.07) is 5.32. The molecule has 0 aliphatic rings. The van der Waals surface area contributed by atoms with Gasteiger partial charge in [-0.1, -0.05) is 6.07 Å². The first-order valence-corrected chi connectivity index (χ1v) is 5.77. The molecule has 6 nitrogen and oxygen atoms in total. The fourth-order valence-corrected chi connectivity index (χ4v) is 1.83. The Morgan fingerprint density at radius 1 is 1.26 bits per heavy atom. The summed E-state index contributed by atoms with van der Waals surface area (Å²) in [5.41, 5.74) is 2.63. The van der Waals surface area contributed by atoms with Gasteiger partial charge in [0.25, 0.3) is 5.91 Å². The van der Waals surface area contributed by atoms with Crippen LogP contribution in [0.3, 0.4) is 0 Å². The molecule has 0 aliphatic carbocycles. The smallest absolute Gasteiger partial charge is 0.259 e. The number of para-hydroxylation sites is 1. The molecule has 94 valence electrons. The van der Waals surface area contributed by atoms with Crippen molar-refractivity contribution in [2.45, 2.75) is 6.92 Å². The third-order valence-electron chi connectivity index (χ3n) is 2.81. The van der Waals surface area contributed by atoms with Crippen LogP contribution in [0.1, 0.15) is 15.9 Å². The molecule has 0 spiro atoms. The van der Waals surface area contributed by atoms with Crippen molar-refractivity contribution >= 4 is 22.8 Å². The first-order valence-electron chi connectivity index (χ1n) is 5.77. The maximum absolute atomic E-state index is 12.3. The van der Waals surface area contributed by atoms with Crippen molar-refractivity contribution in [2.75, 3.05) is 5.32 Å². The second kappa shape index (κ2) is 4.49. The number of carbonyl (C=O) groups excluding carboxylic acids is 1. The summed E-state index contributed by atoms with van der Waals surface area (Å²) >= 11 is 0. The highest BCUT2D eigenvalue weighted by molar-refractivity contribution is 6.11. The molecule has 3 rings (SSSR count). The number of amides is 1. The van der Waals surface area contributed by atoms with Gasteiger partial charge in [0.05, 0.1) is 17.3 Å². The summed E-state index contributed by atoms with van der Waals surface area (Å²) in [5, 5.41) is 9.37. The van der Waals surface area contributed by atoms with Crippen LogP contribution in [-0.4, -0.2) is 26.1 Å². The Labute approximate surface area is 108 Å². The Morgan fingerprint density at radius 3 is 2.89 bits per heavy atom. The summed E-state index contributed by atoms with van der Waals surface area (Å²) in [6.07, 6.45) is 4.82. The number of anilines is 1. The van der Waals surface area contributed by atoms with Gasteiger partial charge in [0.15, 0.2) is 0 Å². The Kier molecular flexibility index (Phi) is 2.68. The lowest BCUT2D eigenvalue weighted by Gasteiger charge is -2.06. The van der Waals surface area contributed by atoms with E-state index in [0.29, 0.717) is 22.4 Å². The molecule has 3 aromatic rings. The number of benzene rings is 1. The van der Waals surface area contributed by atoms with Crippen LogP contribution in [0.25, 0.3) is 11.0 Å². The molecule has 0 saturated carbocycles. The molecule has 0 bridgehead atoms. The van der Waals surface area contributed by atoms with Gasteiger partial charge in [0.1, 0.15) is 11.3 Å². The highest BCUT2D eigenvalue weighted by Crippen LogP contribution is 2.16. The van der Waals surface area contributed by atoms with E-state index in [1.54, 1.807) is 30.7 Å². The van der Waals surface area contributed by atoms with E-state index in [1.165, 1.54) is 0 Å². The van der Waals surface area contributed by atoms with Gasteiger partial charge in [0, 0.05) is 18.0 Å². The van der Waals surface area contributed by atoms with E-state index in [-0.39, 0.29) is 5.91 Å². The normalized spacial score (nSPS) is 10.6. The molecule has 0 radical (unpaired) electrons. The number of aromatic nitrogens is 4. The number of hydrogen-bond donors (Lipinski definition) is 2. The molecule has 6 heteroatoms. The molecular weight excluding hydrogens is 242 g/mol. The minimum absolute atomic E-state index is 0.238. The van der Waals surface area contributed by atoms with E-state index >= 15 is 0 Å². The second-order valence-corrected chi connectivity index (χ2v) is 4.11. The number of H-pyrrole nitrogens is 1. The molecule has 1 amide bonds. The van der Waals surface area contributed by atoms with Crippen molar-refractivity contribution in [1.29, 1.82) is 0 Å². The lowest BCUT2D eigenvalue weighted by molar-refractivity contribution is 0.102. The number of hydrogen-bond acceptors (Lipinski definition) is 4. The van der Waals surface area contributed by atoms with E-state index in [0.717, 1.165) is 5.56 Å². The van der Waals surface area contributed by atoms with Crippen LogP contribution in [0.5, 0.6) is 0 Å². The number of aromatic amines is 1. The van der Waals surface area contributed by atoms with Gasteiger partial charge in [-0.25, -0.2) is 0 Å². The Balaban J connectivity index is 2.00. The molecule has 2 aromatic heterocycles. The van der Waals surface area contributed by atoms with Crippen molar-refractivity contribution in [3.8, 4) is 0 Å². The van der Waals surface area contributed by atoms with Crippen LogP contribution in [-0.2, 0) is 0 Å². The van der Waals surface area contributed by atoms with Crippen LogP contribution >= 0.6 is 0 Å². The molecule has 0 unspecified atom stereocenters. The number of rotatable bonds is 2. The number of carbonyl (C=O) groups is 1. The molecule has 0 saturated heterocycles. The fourth-order valence-electron chi connectivity index (χ4n) is 1.83. The Bertz CT molecular complexity index is 744. The Morgan fingerprint density at radius 2 is 2.11 bits per heavy atom. The zero-order valence-corrected chi connectivity index (χ0v) is 10.2. The van der Waals surface area contributed by atoms with E-state index in [2.05, 4.69) is 25.5 Å². The average Bonchev–Trinajstić information content (AvgIpc) is 2.83. The number of fused-ring (bicyclic) bond motifs is 1. The molecule has 1 aromatic carbocycles. The minimum atomic E-state index is -0.238. The fraction of sp³-hybridized carbons (Fsp3) is 0.0769. The second-order valence-electron chi connectivity index (χ2n) is 4.11. The van der Waals surface area contributed by atoms with E-state index in [9.17, 15) is 4.79 Å². The van der Waals surface area contributed by atoms with Gasteiger partial charge in [-0.15, -0.1) is 0 Å². The van der Waals surface area contributed by atoms with Gasteiger partial charge in [-0.2, -0.15) is 5.10 Å². The van der Waals surface area contributed by atoms with Crippen molar-refractivity contribution < 1.29 is 4.79 Å². The van der Waals surface area contributed by atoms with E-state index < -0.39 is 0 Å². The van der Waals surface area contributed by atoms with Gasteiger partial charge in [-0.3, -0.25) is 19.9 Å². The van der Waals surface area contributed by atoms with E-state index in [4.69, 9.17) is 0 Å². The Hall–Kier alpha value is -2.76. The lowest BCUT2D eigenvalue weighted by atomic mass is 10.1. The van der Waals surface area contributed by atoms with Gasteiger partial charge >= 0.3 is 0 Å². The van der Waals surface area contributed by atoms with E-state index in [1.807, 2.05) is 13.0 Å². The lowest BCUT2D eigenvalue weighted by Crippen LogP contribution is -2.14. The zero-order chi connectivity index (χ0) is 13.2. The maximum Gasteiger partial charge on any atom is 0.259 e. The first kappa shape index (κ1) is 11.3. The van der Waals surface area contributed by atoms with Gasteiger partial charge in [-0.05, 0) is 19.1 Å². The maximum atomic E-state index is 12.3. The first-order chi connectivity index (χ1) is 9.25. The van der Waals surface area contributed by atoms with Crippen molar-refractivity contribution in [3.63, 3.8) is 0 Å². The predicted molar refractivity (Wildman–Crippen MR) is 70.8 cm³/mol. The summed E-state index contributed by atoms with van der Waals surface area (Å²) in [6.45, 7) is 1.86. The summed E-state index contributed by atoms with van der Waals surface area (Å²) in [7, 11) is 0. The molecule has 19 heavy (non-hydrogen) atoms. The largest absolute Gasteiger partial charge is 0.307 e. The number of nitrogens with zero attached hydrogens (tertiary/aromatic N) is 3. The molecule has 2 heterocycles. The van der Waals surface area contributed by atoms with Crippen molar-refractivity contribution in [1.82, 2.24) is 20.2 Å². The third kappa shape index (κ3) is 2.03. The van der Waals surface area contributed by atoms with Crippen molar-refractivity contribution in [3.05, 3.63) is 47.9 Å². The predicted octanol–water partition coefficient (Wildman–Crippen LogP) is 1.91. The van der Waals surface area contributed by atoms with Gasteiger partial charge < -0.3 is 5.32 Å². The monoisotopic (exact) mass is 253 g/mol. The summed E-state index contributed by atoms with van der Waals surface area (Å²) < 4.78 is 0. The third-order valence-corrected chi connectivity index (χ3v) is 2.81. The topological polar surface area (TPSA) is 83.6 Å². The highest BCUT2D eigenvalue weighted by atomic mass is 16.1. The number of nitrogens with one attached hydrogen (secondary N) is 2. The average molecular weight is 253 g/mol. The highest BCUT2D eigenvalue weighted by Gasteiger charge is 2.13. The zero-order valence-electron chi connectivity index (χ0n) is 10.2. The molecular formula is C13H11N5O. The standard InChI is InChI=1S/C13H11N5O/c1-8-7-16-18-12(8)17-13(19)9-3-2-4-10-11(9)15-6-5-14-10/h2-7H,1H3,(H2,16,17,18,19). The van der Waals surface area contributed by atoms with Crippen LogP contribution < -0.4 is 5.32 Å². The van der Waals surface area contributed by atoms with Crippen LogP contribution in [0.2, 0.25) is 0 Å². The van der Waals surface area contributed by atoms with Crippen LogP contribution in [0.15, 0.2) is 36.8 Å². The molecule has 0 atom stereocenters. The van der Waals surface area contributed by atoms with Gasteiger partial charge in [0.2, 0.25) is 0 Å². The molecule has 0 aliphatic heterocycles. The minimum Gasteiger partial charge on any atom is -0.307 e. The van der Waals surface area contributed by atoms with Crippen molar-refractivity contribution in [2.24, 2.45) is 0 Å². The quantitative estimate of drug-likeness (QED) is 0.730. The van der Waals surface area contributed by atoms with Crippen LogP contribution in [0, 0.1) is 6.92 Å². The number of aryl methyl sites for hydroxylation is 1. The SMILES string of the molecule is Cc1cn[nH]c1NC(=O)c1cccc2nccnc12. The summed E-state index contributed by atoms with van der Waals surface area (Å²) in [5.74, 6) is 0.351. The summed E-state index contributed by atoms with van der Waals surface area (Å²) in [4.78, 5) is 20.6. The molecule has 2 N–H and O–H groups in total.